The third-order valence-corrected chi connectivity index (χ3v) is 7.81. The molecule has 1 aliphatic rings. The molecule has 1 aromatic heterocycles. The van der Waals surface area contributed by atoms with E-state index in [1.165, 1.54) is 43.3 Å². The highest BCUT2D eigenvalue weighted by atomic mass is 35.5. The van der Waals surface area contributed by atoms with Gasteiger partial charge in [-0.3, -0.25) is 4.98 Å². The van der Waals surface area contributed by atoms with Crippen molar-refractivity contribution in [3.8, 4) is 23.0 Å². The highest BCUT2D eigenvalue weighted by Gasteiger charge is 2.17. The number of likely N-dealkylation sites (tertiary alicyclic amines) is 1. The van der Waals surface area contributed by atoms with Crippen LogP contribution in [0, 0.1) is 17.6 Å². The van der Waals surface area contributed by atoms with E-state index in [0.717, 1.165) is 44.1 Å². The molecule has 0 aliphatic carbocycles. The molecule has 0 radical (unpaired) electrons. The Morgan fingerprint density at radius 1 is 1.07 bits per heavy atom. The number of anilines is 1. The van der Waals surface area contributed by atoms with Gasteiger partial charge in [-0.05, 0) is 80.7 Å². The lowest BCUT2D eigenvalue weighted by molar-refractivity contribution is 0.176. The number of piperidine rings is 1. The quantitative estimate of drug-likeness (QED) is 0.0997. The van der Waals surface area contributed by atoms with Crippen molar-refractivity contribution in [1.82, 2.24) is 15.3 Å². The Hall–Kier alpha value is -4.48. The molecule has 0 bridgehead atoms. The summed E-state index contributed by atoms with van der Waals surface area (Å²) in [6.45, 7) is 6.10. The zero-order chi connectivity index (χ0) is 31.8. The molecule has 9 nitrogen and oxygen atoms in total. The fourth-order valence-electron chi connectivity index (χ4n) is 4.95. The Kier molecular flexibility index (Phi) is 10.6. The minimum Gasteiger partial charge on any atom is -0.493 e. The number of fused-ring (bicyclic) bond motifs is 1. The monoisotopic (exact) mass is 637 g/mol. The van der Waals surface area contributed by atoms with Gasteiger partial charge < -0.3 is 24.4 Å². The normalized spacial score (nSPS) is 14.1. The Bertz CT molecular complexity index is 1680. The van der Waals surface area contributed by atoms with Crippen LogP contribution in [-0.4, -0.2) is 55.5 Å². The minimum atomic E-state index is -0.719. The fraction of sp³-hybridized carbons (Fsp3) is 0.303. The van der Waals surface area contributed by atoms with E-state index in [-0.39, 0.29) is 16.5 Å². The van der Waals surface area contributed by atoms with Gasteiger partial charge in [-0.25, -0.2) is 19.0 Å². The SMILES string of the molecule is COc1cc2c(Oc3ccc(NC(=O)N/N=C/c4ccc(F)cc4Cl)cc3F)ccnc2cc1OCCCN1CCC(C)CC1. The first-order chi connectivity index (χ1) is 21.8. The molecule has 236 valence electrons. The largest absolute Gasteiger partial charge is 0.493 e. The van der Waals surface area contributed by atoms with Gasteiger partial charge in [0.2, 0.25) is 0 Å². The maximum absolute atomic E-state index is 15.0. The topological polar surface area (TPSA) is 97.3 Å². The van der Waals surface area contributed by atoms with E-state index in [4.69, 9.17) is 25.8 Å². The van der Waals surface area contributed by atoms with E-state index in [2.05, 4.69) is 32.7 Å². The van der Waals surface area contributed by atoms with Crippen LogP contribution in [0.4, 0.5) is 19.3 Å². The molecule has 3 aromatic carbocycles. The molecular formula is C33H34ClF2N5O4. The van der Waals surface area contributed by atoms with Gasteiger partial charge in [0.15, 0.2) is 23.1 Å². The average Bonchev–Trinajstić information content (AvgIpc) is 3.02. The zero-order valence-electron chi connectivity index (χ0n) is 25.0. The van der Waals surface area contributed by atoms with Crippen LogP contribution in [0.25, 0.3) is 10.9 Å². The number of nitrogens with one attached hydrogen (secondary N) is 2. The minimum absolute atomic E-state index is 0.0520. The summed E-state index contributed by atoms with van der Waals surface area (Å²) in [6.07, 6.45) is 6.22. The number of aromatic nitrogens is 1. The van der Waals surface area contributed by atoms with Crippen LogP contribution >= 0.6 is 11.6 Å². The maximum atomic E-state index is 15.0. The predicted molar refractivity (Wildman–Crippen MR) is 171 cm³/mol. The number of hydrazone groups is 1. The van der Waals surface area contributed by atoms with Crippen LogP contribution < -0.4 is 25.0 Å². The third-order valence-electron chi connectivity index (χ3n) is 7.48. The van der Waals surface area contributed by atoms with Crippen molar-refractivity contribution in [3.05, 3.63) is 83.0 Å². The van der Waals surface area contributed by atoms with E-state index in [0.29, 0.717) is 40.3 Å². The number of ether oxygens (including phenoxy) is 3. The summed E-state index contributed by atoms with van der Waals surface area (Å²) in [4.78, 5) is 19.1. The highest BCUT2D eigenvalue weighted by molar-refractivity contribution is 6.33. The van der Waals surface area contributed by atoms with Gasteiger partial charge in [0.25, 0.3) is 0 Å². The number of nitrogens with zero attached hydrogens (tertiary/aromatic N) is 3. The molecule has 1 fully saturated rings. The number of carbonyl (C=O) groups excluding carboxylic acids is 1. The van der Waals surface area contributed by atoms with Gasteiger partial charge in [0, 0.05) is 41.5 Å². The lowest BCUT2D eigenvalue weighted by Crippen LogP contribution is -2.34. The molecule has 4 aromatic rings. The summed E-state index contributed by atoms with van der Waals surface area (Å²) in [5.41, 5.74) is 3.43. The van der Waals surface area contributed by atoms with Gasteiger partial charge in [-0.2, -0.15) is 5.10 Å². The molecule has 1 saturated heterocycles. The van der Waals surface area contributed by atoms with E-state index in [1.807, 2.05) is 0 Å². The van der Waals surface area contributed by atoms with E-state index in [1.54, 1.807) is 31.5 Å². The molecule has 12 heteroatoms. The van der Waals surface area contributed by atoms with Crippen molar-refractivity contribution in [3.63, 3.8) is 0 Å². The second kappa shape index (κ2) is 15.0. The first-order valence-electron chi connectivity index (χ1n) is 14.6. The first-order valence-corrected chi connectivity index (χ1v) is 15.0. The molecule has 0 atom stereocenters. The van der Waals surface area contributed by atoms with E-state index < -0.39 is 17.7 Å². The maximum Gasteiger partial charge on any atom is 0.339 e. The fourth-order valence-corrected chi connectivity index (χ4v) is 5.17. The van der Waals surface area contributed by atoms with Crippen LogP contribution in [-0.2, 0) is 0 Å². The van der Waals surface area contributed by atoms with Crippen molar-refractivity contribution in [2.45, 2.75) is 26.2 Å². The molecule has 0 spiro atoms. The standard InChI is InChI=1S/C33H34ClF2N5O4/c1-21-9-13-41(14-10-21)12-3-15-44-32-19-28-25(18-31(32)43-2)29(8-11-37-28)45-30-7-6-24(17-27(30)36)39-33(42)40-38-20-22-4-5-23(35)16-26(22)34/h4-8,11,16-21H,3,9-10,12-15H2,1-2H3,(H2,39,40,42)/b38-20+. The average molecular weight is 638 g/mol. The lowest BCUT2D eigenvalue weighted by Gasteiger charge is -2.30. The van der Waals surface area contributed by atoms with Crippen molar-refractivity contribution >= 4 is 40.4 Å². The van der Waals surface area contributed by atoms with Crippen molar-refractivity contribution in [1.29, 1.82) is 0 Å². The Morgan fingerprint density at radius 2 is 1.89 bits per heavy atom. The highest BCUT2D eigenvalue weighted by Crippen LogP contribution is 2.38. The second-order valence-corrected chi connectivity index (χ2v) is 11.2. The Labute approximate surface area is 265 Å². The number of methoxy groups -OCH3 is 1. The molecule has 2 N–H and O–H groups in total. The third kappa shape index (κ3) is 8.58. The number of benzene rings is 3. The number of rotatable bonds is 11. The van der Waals surface area contributed by atoms with Gasteiger partial charge in [0.05, 0.1) is 30.5 Å². The molecule has 45 heavy (non-hydrogen) atoms. The summed E-state index contributed by atoms with van der Waals surface area (Å²) in [5, 5.41) is 7.01. The Morgan fingerprint density at radius 3 is 2.64 bits per heavy atom. The number of urea groups is 1. The summed E-state index contributed by atoms with van der Waals surface area (Å²) >= 11 is 5.94. The van der Waals surface area contributed by atoms with Crippen molar-refractivity contribution in [2.75, 3.05) is 38.7 Å². The summed E-state index contributed by atoms with van der Waals surface area (Å²) in [6, 6.07) is 12.2. The molecule has 2 amide bonds. The Balaban J connectivity index is 1.20. The summed E-state index contributed by atoms with van der Waals surface area (Å²) in [7, 11) is 1.56. The first kappa shape index (κ1) is 31.9. The molecule has 1 aliphatic heterocycles. The van der Waals surface area contributed by atoms with Crippen LogP contribution in [0.3, 0.4) is 0 Å². The van der Waals surface area contributed by atoms with Gasteiger partial charge in [0.1, 0.15) is 11.6 Å². The number of halogens is 3. The van der Waals surface area contributed by atoms with Crippen molar-refractivity contribution < 1.29 is 27.8 Å². The second-order valence-electron chi connectivity index (χ2n) is 10.8. The zero-order valence-corrected chi connectivity index (χ0v) is 25.7. The van der Waals surface area contributed by atoms with Crippen LogP contribution in [0.15, 0.2) is 65.9 Å². The number of pyridine rings is 1. The van der Waals surface area contributed by atoms with E-state index in [9.17, 15) is 9.18 Å². The summed E-state index contributed by atoms with van der Waals surface area (Å²) in [5.74, 6) is 1.02. The number of carbonyl (C=O) groups is 1. The van der Waals surface area contributed by atoms with Crippen molar-refractivity contribution in [2.24, 2.45) is 11.0 Å². The summed E-state index contributed by atoms with van der Waals surface area (Å²) < 4.78 is 45.8. The smallest absolute Gasteiger partial charge is 0.339 e. The number of hydrogen-bond acceptors (Lipinski definition) is 7. The molecule has 0 saturated carbocycles. The van der Waals surface area contributed by atoms with Crippen LogP contribution in [0.5, 0.6) is 23.0 Å². The molecule has 2 heterocycles. The molecule has 0 unspecified atom stereocenters. The predicted octanol–water partition coefficient (Wildman–Crippen LogP) is 7.62. The van der Waals surface area contributed by atoms with E-state index >= 15 is 4.39 Å². The van der Waals surface area contributed by atoms with Gasteiger partial charge in [-0.1, -0.05) is 18.5 Å². The number of amides is 2. The molecule has 5 rings (SSSR count). The van der Waals surface area contributed by atoms with Gasteiger partial charge >= 0.3 is 6.03 Å². The molecular weight excluding hydrogens is 604 g/mol. The van der Waals surface area contributed by atoms with Crippen LogP contribution in [0.2, 0.25) is 5.02 Å². The van der Waals surface area contributed by atoms with Crippen LogP contribution in [0.1, 0.15) is 31.7 Å². The lowest BCUT2D eigenvalue weighted by atomic mass is 9.99. The van der Waals surface area contributed by atoms with Gasteiger partial charge in [-0.15, -0.1) is 0 Å². The number of hydrogen-bond donors (Lipinski definition) is 2.